The first-order chi connectivity index (χ1) is 10.1. The molecule has 22 heavy (non-hydrogen) atoms. The van der Waals surface area contributed by atoms with Crippen molar-refractivity contribution in [3.63, 3.8) is 0 Å². The Hall–Kier alpha value is -1.79. The summed E-state index contributed by atoms with van der Waals surface area (Å²) in [4.78, 5) is 12.8. The third kappa shape index (κ3) is 6.78. The standard InChI is InChI=1S/C9H11N2O.C5H8O4.Ir/c1-11-6-2-4-8(11)9-10-5-3-7-12-9;1-8-4(6)3-5(7)9-2;/h2,6H,3,5,7H2,1H3;3,6H,1-2H3;/q-1;;/p+1/b;4-3+;. The summed E-state index contributed by atoms with van der Waals surface area (Å²) in [5, 5.41) is 8.54. The Morgan fingerprint density at radius 2 is 2.23 bits per heavy atom. The summed E-state index contributed by atoms with van der Waals surface area (Å²) in [6.07, 6.45) is 3.91. The number of aliphatic imine (C=N–C) groups is 1. The second-order valence-electron chi connectivity index (χ2n) is 4.04. The summed E-state index contributed by atoms with van der Waals surface area (Å²) in [5.74, 6) is -0.0579. The van der Waals surface area contributed by atoms with Crippen LogP contribution in [0.4, 0.5) is 0 Å². The fourth-order valence-corrected chi connectivity index (χ4v) is 1.44. The van der Waals surface area contributed by atoms with Gasteiger partial charge in [-0.1, -0.05) is 6.20 Å². The first kappa shape index (κ1) is 20.2. The predicted octanol–water partition coefficient (Wildman–Crippen LogP) is 1.17. The van der Waals surface area contributed by atoms with Crippen molar-refractivity contribution in [2.45, 2.75) is 6.42 Å². The van der Waals surface area contributed by atoms with E-state index in [4.69, 9.17) is 14.6 Å². The number of nitrogens with zero attached hydrogens (tertiary/aromatic N) is 2. The molecule has 1 aromatic rings. The van der Waals surface area contributed by atoms with Crippen LogP contribution in [0.5, 0.6) is 0 Å². The van der Waals surface area contributed by atoms with Crippen LogP contribution in [0.15, 0.2) is 29.3 Å². The van der Waals surface area contributed by atoms with E-state index in [0.29, 0.717) is 0 Å². The molecule has 0 saturated carbocycles. The monoisotopic (exact) mass is 489 g/mol. The molecule has 2 heterocycles. The first-order valence-electron chi connectivity index (χ1n) is 6.33. The Kier molecular flexibility index (Phi) is 9.98. The van der Waals surface area contributed by atoms with Crippen molar-refractivity contribution in [2.24, 2.45) is 12.0 Å². The summed E-state index contributed by atoms with van der Waals surface area (Å²) in [7, 11) is 4.51. The fourth-order valence-electron chi connectivity index (χ4n) is 1.44. The van der Waals surface area contributed by atoms with Crippen molar-refractivity contribution in [3.8, 4) is 0 Å². The Balaban J connectivity index is 0.000000402. The predicted molar refractivity (Wildman–Crippen MR) is 77.9 cm³/mol. The maximum absolute atomic E-state index is 8.54. The normalized spacial score (nSPS) is 13.6. The van der Waals surface area contributed by atoms with E-state index >= 15 is 0 Å². The van der Waals surface area contributed by atoms with Crippen LogP contribution in [0, 0.1) is 6.07 Å². The topological polar surface area (TPSA) is 86.6 Å². The molecule has 1 aliphatic rings. The Labute approximate surface area is 142 Å². The molecule has 1 aromatic heterocycles. The van der Waals surface area contributed by atoms with Gasteiger partial charge in [0.1, 0.15) is 5.90 Å². The van der Waals surface area contributed by atoms with Gasteiger partial charge in [0.25, 0.3) is 5.95 Å². The van der Waals surface area contributed by atoms with Crippen molar-refractivity contribution in [3.05, 3.63) is 36.0 Å². The second-order valence-corrected chi connectivity index (χ2v) is 4.04. The molecule has 0 atom stereocenters. The fraction of sp³-hybridized carbons (Fsp3) is 0.429. The molecule has 1 aliphatic heterocycles. The van der Waals surface area contributed by atoms with E-state index in [1.54, 1.807) is 0 Å². The first-order valence-corrected chi connectivity index (χ1v) is 6.33. The van der Waals surface area contributed by atoms with E-state index in [-0.39, 0.29) is 20.1 Å². The van der Waals surface area contributed by atoms with Crippen LogP contribution >= 0.6 is 0 Å². The van der Waals surface area contributed by atoms with Crippen LogP contribution < -0.4 is 0 Å². The van der Waals surface area contributed by atoms with E-state index in [9.17, 15) is 0 Å². The molecule has 0 aromatic carbocycles. The third-order valence-corrected chi connectivity index (χ3v) is 2.54. The Bertz CT molecular complexity index is 525. The number of esters is 1. The van der Waals surface area contributed by atoms with Gasteiger partial charge in [-0.05, 0) is 19.2 Å². The van der Waals surface area contributed by atoms with E-state index in [2.05, 4.69) is 20.5 Å². The number of carbonyl (C=O) groups excluding carboxylic acids is 1. The molecule has 1 radical (unpaired) electrons. The summed E-state index contributed by atoms with van der Waals surface area (Å²) in [6, 6.07) is 4.95. The number of aromatic nitrogens is 1. The molecule has 0 saturated heterocycles. The minimum atomic E-state index is -0.394. The minimum absolute atomic E-state index is 0. The number of ether oxygens (including phenoxy) is 3. The molecule has 8 heteroatoms. The van der Waals surface area contributed by atoms with Crippen LogP contribution in [0.25, 0.3) is 0 Å². The van der Waals surface area contributed by atoms with Gasteiger partial charge in [0.15, 0.2) is 13.2 Å². The molecule has 0 bridgehead atoms. The van der Waals surface area contributed by atoms with Crippen molar-refractivity contribution < 1.29 is 44.2 Å². The average molecular weight is 489 g/mol. The van der Waals surface area contributed by atoms with Gasteiger partial charge >= 0.3 is 5.97 Å². The van der Waals surface area contributed by atoms with E-state index in [1.165, 1.54) is 14.2 Å². The van der Waals surface area contributed by atoms with Gasteiger partial charge in [-0.25, -0.2) is 0 Å². The number of hydrogen-bond donors (Lipinski definition) is 1. The second kappa shape index (κ2) is 10.9. The molecule has 0 unspecified atom stereocenters. The van der Waals surface area contributed by atoms with Crippen molar-refractivity contribution in [1.29, 1.82) is 0 Å². The molecule has 125 valence electrons. The summed E-state index contributed by atoms with van der Waals surface area (Å²) in [6.45, 7) is 1.65. The smallest absolute Gasteiger partial charge is 0.517 e. The number of aryl methyl sites for hydroxylation is 1. The molecule has 0 spiro atoms. The van der Waals surface area contributed by atoms with Crippen molar-refractivity contribution in [2.75, 3.05) is 27.4 Å². The Morgan fingerprint density at radius 3 is 2.68 bits per heavy atom. The van der Waals surface area contributed by atoms with E-state index in [0.717, 1.165) is 37.2 Å². The van der Waals surface area contributed by atoms with Gasteiger partial charge in [0.05, 0.1) is 13.7 Å². The van der Waals surface area contributed by atoms with Crippen molar-refractivity contribution in [1.82, 2.24) is 4.57 Å². The molecule has 0 aliphatic carbocycles. The van der Waals surface area contributed by atoms with Gasteiger partial charge < -0.3 is 33.7 Å². The number of hydrogen-bond acceptors (Lipinski definition) is 5. The third-order valence-electron chi connectivity index (χ3n) is 2.54. The number of aliphatic hydroxyl groups is 1. The number of aliphatic hydroxyl groups excluding tert-OH is 1. The van der Waals surface area contributed by atoms with Gasteiger partial charge in [-0.3, -0.25) is 0 Å². The van der Waals surface area contributed by atoms with Gasteiger partial charge in [0, 0.05) is 26.7 Å². The zero-order chi connectivity index (χ0) is 15.7. The van der Waals surface area contributed by atoms with E-state index < -0.39 is 11.9 Å². The maximum atomic E-state index is 8.54. The SMILES string of the molecule is COC(=[OH+])/C=C(\O)OC.Cn1cc[c-]c1C1=NCCCO1.[Ir]. The summed E-state index contributed by atoms with van der Waals surface area (Å²) in [5.41, 5.74) is 0.940. The molecular formula is C14H20IrN2O5. The van der Waals surface area contributed by atoms with Gasteiger partial charge in [-0.2, -0.15) is 12.1 Å². The molecule has 2 N–H and O–H groups in total. The molecule has 7 nitrogen and oxygen atoms in total. The zero-order valence-electron chi connectivity index (χ0n) is 12.7. The number of methoxy groups -OCH3 is 2. The van der Waals surface area contributed by atoms with Gasteiger partial charge in [0.2, 0.25) is 0 Å². The van der Waals surface area contributed by atoms with Gasteiger partial charge in [-0.15, -0.1) is 0 Å². The average Bonchev–Trinajstić information content (AvgIpc) is 2.94. The molecule has 2 rings (SSSR count). The maximum Gasteiger partial charge on any atom is 0.517 e. The summed E-state index contributed by atoms with van der Waals surface area (Å²) >= 11 is 0. The minimum Gasteiger partial charge on any atom is -0.532 e. The molecular weight excluding hydrogens is 468 g/mol. The van der Waals surface area contributed by atoms with Crippen LogP contribution in [0.1, 0.15) is 12.1 Å². The Morgan fingerprint density at radius 1 is 1.50 bits per heavy atom. The van der Waals surface area contributed by atoms with Crippen molar-refractivity contribution >= 4 is 11.9 Å². The quantitative estimate of drug-likeness (QED) is 0.228. The van der Waals surface area contributed by atoms with Crippen LogP contribution in [0.2, 0.25) is 0 Å². The van der Waals surface area contributed by atoms with Crippen LogP contribution in [-0.2, 0) is 41.4 Å². The number of rotatable bonds is 3. The van der Waals surface area contributed by atoms with E-state index in [1.807, 2.05) is 23.9 Å². The zero-order valence-corrected chi connectivity index (χ0v) is 15.1. The van der Waals surface area contributed by atoms with Crippen LogP contribution in [0.3, 0.4) is 0 Å². The van der Waals surface area contributed by atoms with Crippen LogP contribution in [-0.4, -0.2) is 53.7 Å². The largest absolute Gasteiger partial charge is 0.532 e. The molecule has 0 fully saturated rings. The summed E-state index contributed by atoms with van der Waals surface area (Å²) < 4.78 is 15.9. The molecule has 0 amide bonds.